The molecular weight excluding hydrogens is 320 g/mol. The van der Waals surface area contributed by atoms with Crippen LogP contribution in [-0.4, -0.2) is 24.7 Å². The van der Waals surface area contributed by atoms with Crippen LogP contribution < -0.4 is 0 Å². The number of hydrogen-bond acceptors (Lipinski definition) is 3. The first-order valence-corrected chi connectivity index (χ1v) is 12.1. The Hall–Kier alpha value is -0.0900. The van der Waals surface area contributed by atoms with Gasteiger partial charge < -0.3 is 5.11 Å². The van der Waals surface area contributed by atoms with Gasteiger partial charge in [0.05, 0.1) is 5.75 Å². The van der Waals surface area contributed by atoms with Crippen molar-refractivity contribution in [2.24, 2.45) is 0 Å². The molecule has 24 heavy (non-hydrogen) atoms. The predicted octanol–water partition coefficient (Wildman–Crippen LogP) is 6.00. The molecule has 0 fully saturated rings. The number of unbranched alkanes of at least 4 members (excludes halogenated alkanes) is 15. The topological polar surface area (TPSA) is 54.4 Å². The summed E-state index contributed by atoms with van der Waals surface area (Å²) >= 11 is 0. The van der Waals surface area contributed by atoms with E-state index in [2.05, 4.69) is 6.92 Å². The summed E-state index contributed by atoms with van der Waals surface area (Å²) in [5.41, 5.74) is -1.21. The van der Waals surface area contributed by atoms with Crippen molar-refractivity contribution in [2.75, 3.05) is 5.75 Å². The molecule has 146 valence electrons. The smallest absolute Gasteiger partial charge is 0.176 e. The maximum Gasteiger partial charge on any atom is 0.176 e. The van der Waals surface area contributed by atoms with E-state index < -0.39 is 15.3 Å². The van der Waals surface area contributed by atoms with Gasteiger partial charge in [-0.05, 0) is 13.3 Å². The highest BCUT2D eigenvalue weighted by Crippen LogP contribution is 2.14. The maximum atomic E-state index is 11.4. The van der Waals surface area contributed by atoms with E-state index in [9.17, 15) is 8.42 Å². The molecule has 0 aromatic heterocycles. The van der Waals surface area contributed by atoms with E-state index in [1.165, 1.54) is 90.4 Å². The van der Waals surface area contributed by atoms with Gasteiger partial charge in [0.2, 0.25) is 0 Å². The van der Waals surface area contributed by atoms with Crippen molar-refractivity contribution in [2.45, 2.75) is 122 Å². The molecule has 1 atom stereocenters. The highest BCUT2D eigenvalue weighted by atomic mass is 32.2. The highest BCUT2D eigenvalue weighted by molar-refractivity contribution is 7.91. The Labute approximate surface area is 151 Å². The standard InChI is InChI=1S/C20H42O3S/c1-3-4-5-6-7-8-9-10-11-12-13-14-15-16-17-18-19-24(22,23)20(2)21/h20-21H,3-19H2,1-2H3. The van der Waals surface area contributed by atoms with Crippen LogP contribution in [0.1, 0.15) is 117 Å². The molecule has 0 aliphatic heterocycles. The molecule has 0 aromatic carbocycles. The second-order valence-electron chi connectivity index (χ2n) is 7.27. The largest absolute Gasteiger partial charge is 0.377 e. The molecule has 4 heteroatoms. The van der Waals surface area contributed by atoms with Gasteiger partial charge in [0.25, 0.3) is 0 Å². The zero-order chi connectivity index (χ0) is 18.1. The van der Waals surface area contributed by atoms with E-state index in [-0.39, 0.29) is 5.75 Å². The zero-order valence-electron chi connectivity index (χ0n) is 16.3. The second kappa shape index (κ2) is 16.4. The average molecular weight is 363 g/mol. The minimum absolute atomic E-state index is 0.128. The molecule has 0 aromatic rings. The van der Waals surface area contributed by atoms with Crippen LogP contribution in [0.2, 0.25) is 0 Å². The van der Waals surface area contributed by atoms with Crippen LogP contribution in [-0.2, 0) is 9.84 Å². The number of aliphatic hydroxyl groups is 1. The Balaban J connectivity index is 3.16. The molecule has 1 unspecified atom stereocenters. The first kappa shape index (κ1) is 23.9. The minimum atomic E-state index is -3.26. The van der Waals surface area contributed by atoms with Crippen molar-refractivity contribution < 1.29 is 13.5 Å². The molecule has 0 saturated heterocycles. The van der Waals surface area contributed by atoms with E-state index in [1.54, 1.807) is 0 Å². The predicted molar refractivity (Wildman–Crippen MR) is 105 cm³/mol. The van der Waals surface area contributed by atoms with Crippen LogP contribution in [0.5, 0.6) is 0 Å². The highest BCUT2D eigenvalue weighted by Gasteiger charge is 2.16. The van der Waals surface area contributed by atoms with Crippen LogP contribution in [0.3, 0.4) is 0 Å². The summed E-state index contributed by atoms with van der Waals surface area (Å²) in [7, 11) is -3.26. The van der Waals surface area contributed by atoms with Crippen LogP contribution in [0.25, 0.3) is 0 Å². The summed E-state index contributed by atoms with van der Waals surface area (Å²) in [6.07, 6.45) is 20.5. The van der Waals surface area contributed by atoms with Crippen LogP contribution >= 0.6 is 0 Å². The Morgan fingerprint density at radius 2 is 0.917 bits per heavy atom. The third kappa shape index (κ3) is 15.4. The van der Waals surface area contributed by atoms with Gasteiger partial charge in [0, 0.05) is 0 Å². The molecular formula is C20H42O3S. The van der Waals surface area contributed by atoms with Gasteiger partial charge >= 0.3 is 0 Å². The van der Waals surface area contributed by atoms with Gasteiger partial charge in [0.15, 0.2) is 15.3 Å². The van der Waals surface area contributed by atoms with Crippen LogP contribution in [0.4, 0.5) is 0 Å². The van der Waals surface area contributed by atoms with Gasteiger partial charge in [0.1, 0.15) is 0 Å². The lowest BCUT2D eigenvalue weighted by Crippen LogP contribution is -2.20. The SMILES string of the molecule is CCCCCCCCCCCCCCCCCCS(=O)(=O)C(C)O. The number of hydrogen-bond donors (Lipinski definition) is 1. The van der Waals surface area contributed by atoms with E-state index >= 15 is 0 Å². The maximum absolute atomic E-state index is 11.4. The Morgan fingerprint density at radius 1 is 0.625 bits per heavy atom. The fourth-order valence-electron chi connectivity index (χ4n) is 3.02. The summed E-state index contributed by atoms with van der Waals surface area (Å²) in [6.45, 7) is 3.60. The third-order valence-electron chi connectivity index (χ3n) is 4.80. The summed E-state index contributed by atoms with van der Waals surface area (Å²) in [6, 6.07) is 0. The van der Waals surface area contributed by atoms with E-state index in [0.717, 1.165) is 12.8 Å². The lowest BCUT2D eigenvalue weighted by atomic mass is 10.0. The van der Waals surface area contributed by atoms with Gasteiger partial charge in [-0.15, -0.1) is 0 Å². The monoisotopic (exact) mass is 362 g/mol. The summed E-state index contributed by atoms with van der Waals surface area (Å²) in [5, 5.41) is 9.12. The average Bonchev–Trinajstić information content (AvgIpc) is 2.54. The number of sulfone groups is 1. The molecule has 0 spiro atoms. The summed E-state index contributed by atoms with van der Waals surface area (Å²) in [5.74, 6) is 0.128. The summed E-state index contributed by atoms with van der Waals surface area (Å²) < 4.78 is 22.9. The molecule has 0 aliphatic carbocycles. The van der Waals surface area contributed by atoms with Crippen LogP contribution in [0.15, 0.2) is 0 Å². The van der Waals surface area contributed by atoms with E-state index in [4.69, 9.17) is 5.11 Å². The van der Waals surface area contributed by atoms with Gasteiger partial charge in [-0.25, -0.2) is 8.42 Å². The van der Waals surface area contributed by atoms with Gasteiger partial charge in [-0.3, -0.25) is 0 Å². The van der Waals surface area contributed by atoms with Crippen molar-refractivity contribution in [1.82, 2.24) is 0 Å². The normalized spacial score (nSPS) is 13.3. The van der Waals surface area contributed by atoms with Gasteiger partial charge in [-0.2, -0.15) is 0 Å². The number of aliphatic hydroxyl groups excluding tert-OH is 1. The van der Waals surface area contributed by atoms with Gasteiger partial charge in [-0.1, -0.05) is 103 Å². The zero-order valence-corrected chi connectivity index (χ0v) is 17.1. The third-order valence-corrected chi connectivity index (χ3v) is 6.70. The van der Waals surface area contributed by atoms with Crippen molar-refractivity contribution in [3.63, 3.8) is 0 Å². The molecule has 0 heterocycles. The van der Waals surface area contributed by atoms with E-state index in [0.29, 0.717) is 6.42 Å². The molecule has 0 aliphatic rings. The molecule has 0 amide bonds. The molecule has 0 saturated carbocycles. The Morgan fingerprint density at radius 3 is 1.21 bits per heavy atom. The van der Waals surface area contributed by atoms with Crippen molar-refractivity contribution >= 4 is 9.84 Å². The first-order chi connectivity index (χ1) is 11.5. The van der Waals surface area contributed by atoms with Crippen molar-refractivity contribution in [3.8, 4) is 0 Å². The van der Waals surface area contributed by atoms with Crippen molar-refractivity contribution in [3.05, 3.63) is 0 Å². The second-order valence-corrected chi connectivity index (χ2v) is 9.69. The fraction of sp³-hybridized carbons (Fsp3) is 1.00. The van der Waals surface area contributed by atoms with E-state index in [1.807, 2.05) is 0 Å². The summed E-state index contributed by atoms with van der Waals surface area (Å²) in [4.78, 5) is 0. The minimum Gasteiger partial charge on any atom is -0.377 e. The molecule has 0 bridgehead atoms. The lowest BCUT2D eigenvalue weighted by Gasteiger charge is -2.06. The molecule has 1 N–H and O–H groups in total. The van der Waals surface area contributed by atoms with Crippen molar-refractivity contribution in [1.29, 1.82) is 0 Å². The quantitative estimate of drug-likeness (QED) is 0.304. The van der Waals surface area contributed by atoms with Crippen LogP contribution in [0, 0.1) is 0 Å². The Kier molecular flexibility index (Phi) is 16.3. The molecule has 3 nitrogen and oxygen atoms in total. The molecule has 0 radical (unpaired) electrons. The Bertz CT molecular complexity index is 350. The lowest BCUT2D eigenvalue weighted by molar-refractivity contribution is 0.268. The molecule has 0 rings (SSSR count). The number of rotatable bonds is 18. The first-order valence-electron chi connectivity index (χ1n) is 10.4. The fourth-order valence-corrected chi connectivity index (χ4v) is 3.97.